The lowest BCUT2D eigenvalue weighted by molar-refractivity contribution is -0.122. The second-order valence-electron chi connectivity index (χ2n) is 5.38. The summed E-state index contributed by atoms with van der Waals surface area (Å²) in [7, 11) is 3.04. The third-order valence-corrected chi connectivity index (χ3v) is 3.81. The number of ether oxygens (including phenoxy) is 2. The number of amides is 2. The van der Waals surface area contributed by atoms with Crippen molar-refractivity contribution < 1.29 is 19.1 Å². The van der Waals surface area contributed by atoms with Crippen molar-refractivity contribution in [3.8, 4) is 11.5 Å². The summed E-state index contributed by atoms with van der Waals surface area (Å²) < 4.78 is 10.7. The summed E-state index contributed by atoms with van der Waals surface area (Å²) >= 11 is 0. The van der Waals surface area contributed by atoms with Crippen LogP contribution in [0.1, 0.15) is 17.3 Å². The van der Waals surface area contributed by atoms with Crippen LogP contribution >= 0.6 is 0 Å². The van der Waals surface area contributed by atoms with Crippen LogP contribution in [-0.4, -0.2) is 63.2 Å². The molecule has 1 fully saturated rings. The zero-order chi connectivity index (χ0) is 16.8. The van der Waals surface area contributed by atoms with E-state index in [1.165, 1.54) is 7.11 Å². The monoisotopic (exact) mass is 321 g/mol. The number of rotatable bonds is 5. The predicted octanol–water partition coefficient (Wildman–Crippen LogP) is 0.254. The average molecular weight is 321 g/mol. The van der Waals surface area contributed by atoms with Gasteiger partial charge in [0.05, 0.1) is 7.11 Å². The van der Waals surface area contributed by atoms with E-state index < -0.39 is 0 Å². The highest BCUT2D eigenvalue weighted by molar-refractivity contribution is 5.95. The fraction of sp³-hybridized carbons (Fsp3) is 0.500. The van der Waals surface area contributed by atoms with Gasteiger partial charge in [0.15, 0.2) is 18.1 Å². The molecule has 23 heavy (non-hydrogen) atoms. The first-order valence-corrected chi connectivity index (χ1v) is 7.60. The van der Waals surface area contributed by atoms with Crippen LogP contribution in [0.2, 0.25) is 0 Å². The zero-order valence-electron chi connectivity index (χ0n) is 13.7. The number of benzene rings is 1. The van der Waals surface area contributed by atoms with E-state index in [0.717, 1.165) is 13.1 Å². The third kappa shape index (κ3) is 4.13. The minimum Gasteiger partial charge on any atom is -0.493 e. The van der Waals surface area contributed by atoms with Gasteiger partial charge in [-0.3, -0.25) is 9.59 Å². The van der Waals surface area contributed by atoms with Crippen LogP contribution in [0, 0.1) is 0 Å². The number of likely N-dealkylation sites (N-methyl/N-ethyl adjacent to an activating group) is 1. The lowest BCUT2D eigenvalue weighted by atomic mass is 10.1. The molecule has 7 heteroatoms. The summed E-state index contributed by atoms with van der Waals surface area (Å²) in [5, 5.41) is 5.74. The highest BCUT2D eigenvalue weighted by Crippen LogP contribution is 2.28. The Kier molecular flexibility index (Phi) is 5.81. The molecule has 0 bridgehead atoms. The molecular formula is C16H23N3O4. The van der Waals surface area contributed by atoms with E-state index in [2.05, 4.69) is 10.6 Å². The molecule has 2 N–H and O–H groups in total. The highest BCUT2D eigenvalue weighted by atomic mass is 16.5. The maximum Gasteiger partial charge on any atom is 0.257 e. The first-order chi connectivity index (χ1) is 11.1. The number of carbonyl (C=O) groups excluding carboxylic acids is 2. The van der Waals surface area contributed by atoms with E-state index in [1.54, 1.807) is 25.2 Å². The Morgan fingerprint density at radius 1 is 1.39 bits per heavy atom. The molecule has 0 spiro atoms. The molecule has 0 aromatic heterocycles. The van der Waals surface area contributed by atoms with E-state index in [-0.39, 0.29) is 24.5 Å². The number of methoxy groups -OCH3 is 1. The average Bonchev–Trinajstić information content (AvgIpc) is 2.59. The van der Waals surface area contributed by atoms with Crippen LogP contribution in [0.4, 0.5) is 0 Å². The Morgan fingerprint density at radius 2 is 2.17 bits per heavy atom. The number of hydrogen-bond donors (Lipinski definition) is 2. The van der Waals surface area contributed by atoms with Crippen LogP contribution in [-0.2, 0) is 4.79 Å². The lowest BCUT2D eigenvalue weighted by Gasteiger charge is -2.34. The van der Waals surface area contributed by atoms with Crippen LogP contribution < -0.4 is 20.1 Å². The smallest absolute Gasteiger partial charge is 0.257 e. The molecule has 0 aliphatic carbocycles. The van der Waals surface area contributed by atoms with Gasteiger partial charge in [0.2, 0.25) is 0 Å². The van der Waals surface area contributed by atoms with Gasteiger partial charge in [-0.25, -0.2) is 0 Å². The van der Waals surface area contributed by atoms with Gasteiger partial charge < -0.3 is 25.0 Å². The van der Waals surface area contributed by atoms with E-state index in [0.29, 0.717) is 23.6 Å². The highest BCUT2D eigenvalue weighted by Gasteiger charge is 2.24. The van der Waals surface area contributed by atoms with Crippen molar-refractivity contribution in [3.63, 3.8) is 0 Å². The Balaban J connectivity index is 2.14. The topological polar surface area (TPSA) is 79.9 Å². The normalized spacial score (nSPS) is 17.5. The maximum atomic E-state index is 12.6. The molecule has 0 radical (unpaired) electrons. The Hall–Kier alpha value is -2.28. The molecule has 1 atom stereocenters. The number of hydrogen-bond acceptors (Lipinski definition) is 5. The van der Waals surface area contributed by atoms with Crippen molar-refractivity contribution in [2.75, 3.05) is 40.4 Å². The maximum absolute atomic E-state index is 12.6. The van der Waals surface area contributed by atoms with Crippen LogP contribution in [0.25, 0.3) is 0 Å². The molecule has 1 heterocycles. The number of piperazine rings is 1. The second-order valence-corrected chi connectivity index (χ2v) is 5.38. The summed E-state index contributed by atoms with van der Waals surface area (Å²) in [5.74, 6) is 0.598. The first-order valence-electron chi connectivity index (χ1n) is 7.60. The summed E-state index contributed by atoms with van der Waals surface area (Å²) in [6.45, 7) is 4.17. The van der Waals surface area contributed by atoms with Crippen LogP contribution in [0.3, 0.4) is 0 Å². The van der Waals surface area contributed by atoms with Crippen LogP contribution in [0.5, 0.6) is 11.5 Å². The van der Waals surface area contributed by atoms with E-state index in [4.69, 9.17) is 9.47 Å². The Bertz CT molecular complexity index is 576. The van der Waals surface area contributed by atoms with Gasteiger partial charge in [0.1, 0.15) is 0 Å². The van der Waals surface area contributed by atoms with Crippen molar-refractivity contribution in [2.24, 2.45) is 0 Å². The number of nitrogens with zero attached hydrogens (tertiary/aromatic N) is 1. The molecule has 0 saturated carbocycles. The molecule has 1 saturated heterocycles. The van der Waals surface area contributed by atoms with E-state index >= 15 is 0 Å². The summed E-state index contributed by atoms with van der Waals surface area (Å²) in [4.78, 5) is 25.7. The molecule has 126 valence electrons. The number of carbonyl (C=O) groups is 2. The quantitative estimate of drug-likeness (QED) is 0.813. The van der Waals surface area contributed by atoms with Crippen molar-refractivity contribution in [2.45, 2.75) is 13.0 Å². The van der Waals surface area contributed by atoms with Crippen molar-refractivity contribution in [1.29, 1.82) is 0 Å². The van der Waals surface area contributed by atoms with E-state index in [1.807, 2.05) is 11.8 Å². The SMILES string of the molecule is CNC(=O)COc1ccc(C(=O)N2CCNC[C@H]2C)cc1OC. The summed E-state index contributed by atoms with van der Waals surface area (Å²) in [5.41, 5.74) is 0.544. The minimum absolute atomic E-state index is 0.0323. The second kappa shape index (κ2) is 7.82. The molecule has 1 aromatic carbocycles. The molecule has 7 nitrogen and oxygen atoms in total. The Morgan fingerprint density at radius 3 is 2.83 bits per heavy atom. The molecule has 2 rings (SSSR count). The zero-order valence-corrected chi connectivity index (χ0v) is 13.7. The Labute approximate surface area is 135 Å². The lowest BCUT2D eigenvalue weighted by Crippen LogP contribution is -2.52. The summed E-state index contributed by atoms with van der Waals surface area (Å²) in [6, 6.07) is 5.14. The molecule has 1 aliphatic heterocycles. The number of nitrogens with one attached hydrogen (secondary N) is 2. The fourth-order valence-electron chi connectivity index (χ4n) is 2.44. The molecule has 0 unspecified atom stereocenters. The minimum atomic E-state index is -0.234. The molecule has 2 amide bonds. The van der Waals surface area contributed by atoms with Crippen molar-refractivity contribution >= 4 is 11.8 Å². The van der Waals surface area contributed by atoms with Gasteiger partial charge in [-0.1, -0.05) is 0 Å². The third-order valence-electron chi connectivity index (χ3n) is 3.81. The summed E-state index contributed by atoms with van der Waals surface area (Å²) in [6.07, 6.45) is 0. The molecule has 1 aliphatic rings. The first kappa shape index (κ1) is 17.1. The van der Waals surface area contributed by atoms with Gasteiger partial charge in [-0.05, 0) is 25.1 Å². The standard InChI is InChI=1S/C16H23N3O4/c1-11-9-18-6-7-19(11)16(21)12-4-5-13(14(8-12)22-3)23-10-15(20)17-2/h4-5,8,11,18H,6-7,9-10H2,1-3H3,(H,17,20)/t11-/m1/s1. The van der Waals surface area contributed by atoms with Gasteiger partial charge in [0.25, 0.3) is 11.8 Å². The van der Waals surface area contributed by atoms with Gasteiger partial charge in [-0.15, -0.1) is 0 Å². The van der Waals surface area contributed by atoms with Crippen molar-refractivity contribution in [1.82, 2.24) is 15.5 Å². The van der Waals surface area contributed by atoms with Gasteiger partial charge >= 0.3 is 0 Å². The molecule has 1 aromatic rings. The van der Waals surface area contributed by atoms with E-state index in [9.17, 15) is 9.59 Å². The van der Waals surface area contributed by atoms with Crippen LogP contribution in [0.15, 0.2) is 18.2 Å². The molecular weight excluding hydrogens is 298 g/mol. The largest absolute Gasteiger partial charge is 0.493 e. The van der Waals surface area contributed by atoms with Crippen molar-refractivity contribution in [3.05, 3.63) is 23.8 Å². The predicted molar refractivity (Wildman–Crippen MR) is 85.9 cm³/mol. The van der Waals surface area contributed by atoms with Gasteiger partial charge in [-0.2, -0.15) is 0 Å². The fourth-order valence-corrected chi connectivity index (χ4v) is 2.44. The van der Waals surface area contributed by atoms with Gasteiger partial charge in [0, 0.05) is 38.3 Å².